The lowest BCUT2D eigenvalue weighted by molar-refractivity contribution is -0.139. The Morgan fingerprint density at radius 3 is 2.50 bits per heavy atom. The van der Waals surface area contributed by atoms with Gasteiger partial charge in [-0.05, 0) is 67.3 Å². The first kappa shape index (κ1) is 19.5. The van der Waals surface area contributed by atoms with Gasteiger partial charge >= 0.3 is 5.97 Å². The molecule has 0 amide bonds. The van der Waals surface area contributed by atoms with Gasteiger partial charge < -0.3 is 19.3 Å². The Labute approximate surface area is 163 Å². The van der Waals surface area contributed by atoms with Gasteiger partial charge in [-0.25, -0.2) is 4.79 Å². The van der Waals surface area contributed by atoms with Gasteiger partial charge in [-0.3, -0.25) is 4.79 Å². The van der Waals surface area contributed by atoms with Gasteiger partial charge in [0.05, 0.1) is 12.2 Å². The normalized spacial score (nSPS) is 14.0. The van der Waals surface area contributed by atoms with Crippen molar-refractivity contribution in [2.75, 3.05) is 13.2 Å². The number of benzene rings is 2. The van der Waals surface area contributed by atoms with Crippen molar-refractivity contribution in [3.63, 3.8) is 0 Å². The second kappa shape index (κ2) is 8.17. The first-order valence-corrected chi connectivity index (χ1v) is 9.06. The quantitative estimate of drug-likeness (QED) is 0.724. The van der Waals surface area contributed by atoms with Crippen LogP contribution >= 0.6 is 0 Å². The van der Waals surface area contributed by atoms with Gasteiger partial charge in [-0.15, -0.1) is 0 Å². The van der Waals surface area contributed by atoms with Crippen LogP contribution < -0.4 is 14.2 Å². The second-order valence-electron chi connectivity index (χ2n) is 6.61. The molecule has 1 aliphatic rings. The van der Waals surface area contributed by atoms with Crippen LogP contribution in [0.2, 0.25) is 0 Å². The van der Waals surface area contributed by atoms with Gasteiger partial charge in [0.25, 0.3) is 0 Å². The molecule has 0 atom stereocenters. The van der Waals surface area contributed by atoms with E-state index in [1.54, 1.807) is 24.3 Å². The smallest absolute Gasteiger partial charge is 0.341 e. The summed E-state index contributed by atoms with van der Waals surface area (Å²) in [6.45, 7) is 5.88. The van der Waals surface area contributed by atoms with E-state index in [1.165, 1.54) is 0 Å². The average Bonchev–Trinajstić information content (AvgIpc) is 2.94. The fourth-order valence-electron chi connectivity index (χ4n) is 3.06. The highest BCUT2D eigenvalue weighted by molar-refractivity contribution is 6.14. The molecule has 0 unspecified atom stereocenters. The monoisotopic (exact) mass is 382 g/mol. The number of carboxylic acid groups (broad SMARTS) is 1. The first-order valence-electron chi connectivity index (χ1n) is 9.06. The van der Waals surface area contributed by atoms with E-state index in [1.807, 2.05) is 32.9 Å². The minimum absolute atomic E-state index is 0.182. The van der Waals surface area contributed by atoms with Crippen molar-refractivity contribution in [3.05, 3.63) is 58.3 Å². The van der Waals surface area contributed by atoms with Crippen LogP contribution in [0.1, 0.15) is 40.4 Å². The molecule has 1 heterocycles. The summed E-state index contributed by atoms with van der Waals surface area (Å²) in [5.74, 6) is 0.708. The number of allylic oxidation sites excluding steroid dienone is 1. The van der Waals surface area contributed by atoms with Gasteiger partial charge in [0.15, 0.2) is 12.4 Å². The molecule has 2 aromatic carbocycles. The van der Waals surface area contributed by atoms with Crippen molar-refractivity contribution < 1.29 is 28.9 Å². The van der Waals surface area contributed by atoms with Crippen LogP contribution in [0, 0.1) is 13.8 Å². The molecule has 2 aromatic rings. The van der Waals surface area contributed by atoms with Crippen LogP contribution in [0.15, 0.2) is 36.1 Å². The minimum atomic E-state index is -1.03. The lowest BCUT2D eigenvalue weighted by Crippen LogP contribution is -2.11. The Morgan fingerprint density at radius 1 is 1.14 bits per heavy atom. The molecule has 0 spiro atoms. The van der Waals surface area contributed by atoms with Crippen molar-refractivity contribution in [1.29, 1.82) is 0 Å². The van der Waals surface area contributed by atoms with E-state index < -0.39 is 12.6 Å². The molecule has 0 radical (unpaired) electrons. The lowest BCUT2D eigenvalue weighted by Gasteiger charge is -2.11. The number of carboxylic acids is 1. The number of hydrogen-bond acceptors (Lipinski definition) is 5. The zero-order chi connectivity index (χ0) is 20.3. The highest BCUT2D eigenvalue weighted by Gasteiger charge is 2.27. The van der Waals surface area contributed by atoms with E-state index in [9.17, 15) is 9.59 Å². The summed E-state index contributed by atoms with van der Waals surface area (Å²) in [6, 6.07) is 8.85. The topological polar surface area (TPSA) is 82.1 Å². The number of aliphatic carboxylic acids is 1. The van der Waals surface area contributed by atoms with Gasteiger partial charge in [0, 0.05) is 6.07 Å². The highest BCUT2D eigenvalue weighted by atomic mass is 16.5. The number of ketones is 1. The van der Waals surface area contributed by atoms with Crippen LogP contribution in [0.5, 0.6) is 17.2 Å². The van der Waals surface area contributed by atoms with Gasteiger partial charge in [-0.1, -0.05) is 6.92 Å². The van der Waals surface area contributed by atoms with Crippen LogP contribution in [0.4, 0.5) is 0 Å². The fraction of sp³-hybridized carbons (Fsp3) is 0.273. The van der Waals surface area contributed by atoms with Crippen molar-refractivity contribution in [3.8, 4) is 17.2 Å². The summed E-state index contributed by atoms with van der Waals surface area (Å²) in [7, 11) is 0. The Kier molecular flexibility index (Phi) is 5.68. The number of hydrogen-bond donors (Lipinski definition) is 1. The number of fused-ring (bicyclic) bond motifs is 1. The van der Waals surface area contributed by atoms with Gasteiger partial charge in [0.1, 0.15) is 17.2 Å². The SMILES string of the molecule is CCCOc1ccc2c(c1)OC(=Cc1cc(C)c(OCC(=O)O)c(C)c1)C2=O. The Morgan fingerprint density at radius 2 is 1.86 bits per heavy atom. The standard InChI is InChI=1S/C22H22O6/c1-4-7-26-16-5-6-17-18(11-16)28-19(21(17)25)10-15-8-13(2)22(14(3)9-15)27-12-20(23)24/h5-6,8-11H,4,7,12H2,1-3H3,(H,23,24). The molecule has 0 bridgehead atoms. The molecule has 1 N–H and O–H groups in total. The molecule has 0 fully saturated rings. The Balaban J connectivity index is 1.83. The zero-order valence-electron chi connectivity index (χ0n) is 16.1. The minimum Gasteiger partial charge on any atom is -0.493 e. The highest BCUT2D eigenvalue weighted by Crippen LogP contribution is 2.35. The maximum absolute atomic E-state index is 12.6. The third-order valence-electron chi connectivity index (χ3n) is 4.23. The van der Waals surface area contributed by atoms with Crippen molar-refractivity contribution in [2.45, 2.75) is 27.2 Å². The molecule has 0 saturated carbocycles. The molecule has 6 nitrogen and oxygen atoms in total. The Hall–Kier alpha value is -3.28. The number of aryl methyl sites for hydroxylation is 2. The van der Waals surface area contributed by atoms with Crippen LogP contribution in [-0.2, 0) is 4.79 Å². The van der Waals surface area contributed by atoms with Gasteiger partial charge in [-0.2, -0.15) is 0 Å². The first-order chi connectivity index (χ1) is 13.4. The summed E-state index contributed by atoms with van der Waals surface area (Å²) in [6.07, 6.45) is 2.57. The predicted octanol–water partition coefficient (Wildman–Crippen LogP) is 4.17. The number of Topliss-reactive ketones (excluding diaryl/α,β-unsaturated/α-hetero) is 1. The van der Waals surface area contributed by atoms with E-state index in [0.29, 0.717) is 29.4 Å². The number of carbonyl (C=O) groups excluding carboxylic acids is 1. The van der Waals surface area contributed by atoms with Crippen LogP contribution in [-0.4, -0.2) is 30.1 Å². The van der Waals surface area contributed by atoms with Crippen molar-refractivity contribution in [1.82, 2.24) is 0 Å². The molecule has 0 aliphatic carbocycles. The summed E-state index contributed by atoms with van der Waals surface area (Å²) >= 11 is 0. The van der Waals surface area contributed by atoms with E-state index in [4.69, 9.17) is 19.3 Å². The molecular formula is C22H22O6. The van der Waals surface area contributed by atoms with Gasteiger partial charge in [0.2, 0.25) is 5.78 Å². The Bertz CT molecular complexity index is 934. The number of ether oxygens (including phenoxy) is 3. The van der Waals surface area contributed by atoms with Crippen LogP contribution in [0.3, 0.4) is 0 Å². The predicted molar refractivity (Wildman–Crippen MR) is 104 cm³/mol. The van der Waals surface area contributed by atoms with E-state index in [-0.39, 0.29) is 11.5 Å². The van der Waals surface area contributed by atoms with E-state index in [2.05, 4.69) is 0 Å². The van der Waals surface area contributed by atoms with Crippen LogP contribution in [0.25, 0.3) is 6.08 Å². The third-order valence-corrected chi connectivity index (χ3v) is 4.23. The summed E-state index contributed by atoms with van der Waals surface area (Å²) in [5, 5.41) is 8.79. The number of rotatable bonds is 7. The number of carbonyl (C=O) groups is 2. The van der Waals surface area contributed by atoms with E-state index >= 15 is 0 Å². The summed E-state index contributed by atoms with van der Waals surface area (Å²) < 4.78 is 16.7. The average molecular weight is 382 g/mol. The van der Waals surface area contributed by atoms with E-state index in [0.717, 1.165) is 23.1 Å². The molecular weight excluding hydrogens is 360 g/mol. The summed E-state index contributed by atoms with van der Waals surface area (Å²) in [4.78, 5) is 23.3. The molecule has 3 rings (SSSR count). The largest absolute Gasteiger partial charge is 0.493 e. The maximum atomic E-state index is 12.6. The molecule has 28 heavy (non-hydrogen) atoms. The van der Waals surface area contributed by atoms with Crippen molar-refractivity contribution >= 4 is 17.8 Å². The lowest BCUT2D eigenvalue weighted by atomic mass is 10.0. The fourth-order valence-corrected chi connectivity index (χ4v) is 3.06. The molecule has 1 aliphatic heterocycles. The van der Waals surface area contributed by atoms with Crippen molar-refractivity contribution in [2.24, 2.45) is 0 Å². The molecule has 0 saturated heterocycles. The second-order valence-corrected chi connectivity index (χ2v) is 6.61. The molecule has 0 aromatic heterocycles. The maximum Gasteiger partial charge on any atom is 0.341 e. The molecule has 6 heteroatoms. The zero-order valence-corrected chi connectivity index (χ0v) is 16.1. The summed E-state index contributed by atoms with van der Waals surface area (Å²) in [5.41, 5.74) is 2.85. The molecule has 146 valence electrons. The third kappa shape index (κ3) is 4.17.